The largest absolute Gasteiger partial charge is 0.481 e. The van der Waals surface area contributed by atoms with Gasteiger partial charge in [0.1, 0.15) is 0 Å². The van der Waals surface area contributed by atoms with Gasteiger partial charge < -0.3 is 9.84 Å². The van der Waals surface area contributed by atoms with E-state index in [1.807, 2.05) is 0 Å². The van der Waals surface area contributed by atoms with Crippen LogP contribution in [0.25, 0.3) is 0 Å². The van der Waals surface area contributed by atoms with E-state index in [2.05, 4.69) is 9.72 Å². The molecule has 0 aliphatic carbocycles. The van der Waals surface area contributed by atoms with E-state index in [0.717, 1.165) is 6.07 Å². The molecule has 1 heterocycles. The van der Waals surface area contributed by atoms with Gasteiger partial charge in [-0.25, -0.2) is 13.8 Å². The monoisotopic (exact) mass is 223 g/mol. The first-order valence-corrected chi connectivity index (χ1v) is 4.10. The fraction of sp³-hybridized carbons (Fsp3) is 0.375. The Morgan fingerprint density at radius 3 is 2.71 bits per heavy atom. The molecule has 0 bridgehead atoms. The number of pyridine rings is 1. The third-order valence-electron chi connectivity index (χ3n) is 1.62. The van der Waals surface area contributed by atoms with Gasteiger partial charge in [0, 0.05) is 0 Å². The van der Waals surface area contributed by atoms with Crippen LogP contribution in [-0.4, -0.2) is 17.2 Å². The predicted octanol–water partition coefficient (Wildman–Crippen LogP) is 2.17. The van der Waals surface area contributed by atoms with Crippen LogP contribution >= 0.6 is 11.6 Å². The second-order valence-electron chi connectivity index (χ2n) is 2.47. The lowest BCUT2D eigenvalue weighted by atomic mass is 10.2. The van der Waals surface area contributed by atoms with Gasteiger partial charge in [0.25, 0.3) is 6.43 Å². The van der Waals surface area contributed by atoms with Gasteiger partial charge in [-0.2, -0.15) is 0 Å². The van der Waals surface area contributed by atoms with E-state index >= 15 is 0 Å². The molecule has 0 spiro atoms. The number of aliphatic hydroxyl groups excluding tert-OH is 1. The second-order valence-corrected chi connectivity index (χ2v) is 2.88. The highest BCUT2D eigenvalue weighted by molar-refractivity contribution is 6.31. The molecule has 0 aliphatic rings. The first-order valence-electron chi connectivity index (χ1n) is 3.72. The third-order valence-corrected chi connectivity index (χ3v) is 1.95. The van der Waals surface area contributed by atoms with E-state index in [9.17, 15) is 8.78 Å². The first kappa shape index (κ1) is 11.1. The molecule has 0 unspecified atom stereocenters. The Hall–Kier alpha value is -0.940. The number of halogens is 3. The molecule has 1 rings (SSSR count). The Kier molecular flexibility index (Phi) is 3.60. The molecule has 78 valence electrons. The van der Waals surface area contributed by atoms with Crippen LogP contribution in [0.15, 0.2) is 6.07 Å². The number of alkyl halides is 2. The van der Waals surface area contributed by atoms with Gasteiger partial charge in [-0.1, -0.05) is 11.6 Å². The summed E-state index contributed by atoms with van der Waals surface area (Å²) < 4.78 is 29.4. The van der Waals surface area contributed by atoms with Gasteiger partial charge in [0.2, 0.25) is 5.88 Å². The van der Waals surface area contributed by atoms with Crippen molar-refractivity contribution in [1.82, 2.24) is 4.98 Å². The zero-order valence-corrected chi connectivity index (χ0v) is 8.05. The molecule has 3 nitrogen and oxygen atoms in total. The van der Waals surface area contributed by atoms with Gasteiger partial charge in [-0.3, -0.25) is 0 Å². The van der Waals surface area contributed by atoms with Crippen molar-refractivity contribution in [3.05, 3.63) is 22.3 Å². The van der Waals surface area contributed by atoms with Crippen LogP contribution in [0.3, 0.4) is 0 Å². The number of ether oxygens (including phenoxy) is 1. The fourth-order valence-corrected chi connectivity index (χ4v) is 1.17. The van der Waals surface area contributed by atoms with Crippen molar-refractivity contribution in [3.63, 3.8) is 0 Å². The summed E-state index contributed by atoms with van der Waals surface area (Å²) in [5, 5.41) is 8.78. The number of methoxy groups -OCH3 is 1. The molecule has 0 saturated heterocycles. The average molecular weight is 224 g/mol. The van der Waals surface area contributed by atoms with Gasteiger partial charge in [-0.05, 0) is 6.07 Å². The maximum atomic E-state index is 12.4. The third kappa shape index (κ3) is 2.10. The Bertz CT molecular complexity index is 333. The number of rotatable bonds is 3. The summed E-state index contributed by atoms with van der Waals surface area (Å²) >= 11 is 5.59. The van der Waals surface area contributed by atoms with Crippen LogP contribution in [0.1, 0.15) is 17.7 Å². The minimum absolute atomic E-state index is 0.00333. The average Bonchev–Trinajstić information content (AvgIpc) is 2.17. The number of aromatic nitrogens is 1. The normalized spacial score (nSPS) is 10.7. The molecule has 0 fully saturated rings. The number of aliphatic hydroxyl groups is 1. The van der Waals surface area contributed by atoms with Crippen molar-refractivity contribution in [2.45, 2.75) is 13.0 Å². The molecule has 0 amide bonds. The Morgan fingerprint density at radius 2 is 2.29 bits per heavy atom. The van der Waals surface area contributed by atoms with E-state index < -0.39 is 13.0 Å². The molecular weight excluding hydrogens is 216 g/mol. The van der Waals surface area contributed by atoms with Gasteiger partial charge >= 0.3 is 0 Å². The summed E-state index contributed by atoms with van der Waals surface area (Å²) in [5.41, 5.74) is -0.261. The molecule has 1 N–H and O–H groups in total. The number of hydrogen-bond acceptors (Lipinski definition) is 3. The zero-order chi connectivity index (χ0) is 10.7. The highest BCUT2D eigenvalue weighted by Crippen LogP contribution is 2.31. The van der Waals surface area contributed by atoms with Gasteiger partial charge in [0.05, 0.1) is 30.0 Å². The first-order chi connectivity index (χ1) is 6.60. The van der Waals surface area contributed by atoms with Crippen molar-refractivity contribution in [2.75, 3.05) is 7.11 Å². The summed E-state index contributed by atoms with van der Waals surface area (Å²) in [4.78, 5) is 3.65. The van der Waals surface area contributed by atoms with E-state index in [-0.39, 0.29) is 22.2 Å². The van der Waals surface area contributed by atoms with Gasteiger partial charge in [0.15, 0.2) is 0 Å². The van der Waals surface area contributed by atoms with Crippen molar-refractivity contribution < 1.29 is 18.6 Å². The lowest BCUT2D eigenvalue weighted by Crippen LogP contribution is -2.00. The SMILES string of the molecule is COc1nc(CO)c(Cl)cc1C(F)F. The molecule has 1 aromatic rings. The van der Waals surface area contributed by atoms with Crippen LogP contribution < -0.4 is 4.74 Å². The second kappa shape index (κ2) is 4.52. The summed E-state index contributed by atoms with van der Waals surface area (Å²) in [6, 6.07) is 1.05. The molecule has 1 aromatic heterocycles. The van der Waals surface area contributed by atoms with Crippen molar-refractivity contribution in [2.24, 2.45) is 0 Å². The summed E-state index contributed by atoms with van der Waals surface area (Å²) in [6.45, 7) is -0.418. The Labute approximate surface area is 84.3 Å². The predicted molar refractivity (Wildman–Crippen MR) is 46.7 cm³/mol. The lowest BCUT2D eigenvalue weighted by molar-refractivity contribution is 0.145. The van der Waals surface area contributed by atoms with Crippen LogP contribution in [0.5, 0.6) is 5.88 Å². The fourth-order valence-electron chi connectivity index (χ4n) is 0.953. The molecular formula is C8H8ClF2NO2. The van der Waals surface area contributed by atoms with Crippen molar-refractivity contribution >= 4 is 11.6 Å². The summed E-state index contributed by atoms with van der Waals surface area (Å²) in [6.07, 6.45) is -2.71. The molecule has 0 aliphatic heterocycles. The van der Waals surface area contributed by atoms with Crippen LogP contribution in [0.2, 0.25) is 5.02 Å². The highest BCUT2D eigenvalue weighted by atomic mass is 35.5. The molecule has 0 atom stereocenters. The van der Waals surface area contributed by atoms with Gasteiger partial charge in [-0.15, -0.1) is 0 Å². The maximum absolute atomic E-state index is 12.4. The van der Waals surface area contributed by atoms with E-state index in [1.54, 1.807) is 0 Å². The van der Waals surface area contributed by atoms with E-state index in [4.69, 9.17) is 16.7 Å². The maximum Gasteiger partial charge on any atom is 0.269 e. The minimum atomic E-state index is -2.71. The van der Waals surface area contributed by atoms with E-state index in [1.165, 1.54) is 7.11 Å². The van der Waals surface area contributed by atoms with E-state index in [0.29, 0.717) is 0 Å². The zero-order valence-electron chi connectivity index (χ0n) is 7.30. The summed E-state index contributed by atoms with van der Waals surface area (Å²) in [7, 11) is 1.23. The number of nitrogens with zero attached hydrogens (tertiary/aromatic N) is 1. The molecule has 14 heavy (non-hydrogen) atoms. The molecule has 0 aromatic carbocycles. The standard InChI is InChI=1S/C8H8ClF2NO2/c1-14-8-4(7(10)11)2-5(9)6(3-13)12-8/h2,7,13H,3H2,1H3. The lowest BCUT2D eigenvalue weighted by Gasteiger charge is -2.09. The van der Waals surface area contributed by atoms with Crippen LogP contribution in [0, 0.1) is 0 Å². The Balaban J connectivity index is 3.24. The van der Waals surface area contributed by atoms with Crippen LogP contribution in [-0.2, 0) is 6.61 Å². The van der Waals surface area contributed by atoms with Crippen molar-refractivity contribution in [3.8, 4) is 5.88 Å². The molecule has 0 radical (unpaired) electrons. The number of hydrogen-bond donors (Lipinski definition) is 1. The highest BCUT2D eigenvalue weighted by Gasteiger charge is 2.18. The topological polar surface area (TPSA) is 42.4 Å². The molecule has 0 saturated carbocycles. The van der Waals surface area contributed by atoms with Crippen molar-refractivity contribution in [1.29, 1.82) is 0 Å². The molecule has 6 heteroatoms. The quantitative estimate of drug-likeness (QED) is 0.854. The Morgan fingerprint density at radius 1 is 1.64 bits per heavy atom. The smallest absolute Gasteiger partial charge is 0.269 e. The minimum Gasteiger partial charge on any atom is -0.481 e. The van der Waals surface area contributed by atoms with Crippen LogP contribution in [0.4, 0.5) is 8.78 Å². The summed E-state index contributed by atoms with van der Waals surface area (Å²) in [5.74, 6) is -0.214.